The molecule has 0 aliphatic heterocycles. The Bertz CT molecular complexity index is 839. The fourth-order valence-electron chi connectivity index (χ4n) is 2.99. The largest absolute Gasteiger partial charge is 0.354 e. The van der Waals surface area contributed by atoms with E-state index in [0.717, 1.165) is 36.0 Å². The van der Waals surface area contributed by atoms with Gasteiger partial charge in [-0.3, -0.25) is 0 Å². The minimum Gasteiger partial charge on any atom is -0.354 e. The molecule has 2 nitrogen and oxygen atoms in total. The Kier molecular flexibility index (Phi) is 4.69. The lowest BCUT2D eigenvalue weighted by atomic mass is 9.99. The summed E-state index contributed by atoms with van der Waals surface area (Å²) in [6.07, 6.45) is 2.92. The predicted molar refractivity (Wildman–Crippen MR) is 95.4 cm³/mol. The van der Waals surface area contributed by atoms with Gasteiger partial charge in [-0.15, -0.1) is 0 Å². The van der Waals surface area contributed by atoms with Crippen LogP contribution in [0.5, 0.6) is 0 Å². The molecule has 0 amide bonds. The number of aromatic amines is 1. The monoisotopic (exact) mass is 330 g/mol. The number of aryl methyl sites for hydroxylation is 2. The molecule has 0 saturated heterocycles. The van der Waals surface area contributed by atoms with Crippen LogP contribution in [-0.2, 0) is 6.42 Å². The first-order chi connectivity index (χ1) is 11.1. The highest BCUT2D eigenvalue weighted by atomic mass is 35.5. The van der Waals surface area contributed by atoms with Crippen LogP contribution < -0.4 is 5.73 Å². The molecule has 1 heterocycles. The van der Waals surface area contributed by atoms with Gasteiger partial charge in [0, 0.05) is 16.5 Å². The van der Waals surface area contributed by atoms with Crippen LogP contribution in [0.4, 0.5) is 4.39 Å². The third kappa shape index (κ3) is 3.26. The number of benzene rings is 2. The molecule has 0 saturated carbocycles. The summed E-state index contributed by atoms with van der Waals surface area (Å²) in [6, 6.07) is 10.9. The highest BCUT2D eigenvalue weighted by molar-refractivity contribution is 6.33. The molecule has 23 heavy (non-hydrogen) atoms. The van der Waals surface area contributed by atoms with Crippen LogP contribution in [0, 0.1) is 12.7 Å². The number of nitrogens with one attached hydrogen (secondary N) is 1. The molecular formula is C19H20ClFN2. The third-order valence-electron chi connectivity index (χ3n) is 4.14. The summed E-state index contributed by atoms with van der Waals surface area (Å²) in [6.45, 7) is 2.77. The first-order valence-electron chi connectivity index (χ1n) is 7.87. The van der Waals surface area contributed by atoms with E-state index in [9.17, 15) is 4.39 Å². The van der Waals surface area contributed by atoms with Gasteiger partial charge in [0.05, 0.1) is 10.7 Å². The smallest absolute Gasteiger partial charge is 0.124 e. The minimum atomic E-state index is -0.324. The van der Waals surface area contributed by atoms with Crippen LogP contribution in [0.3, 0.4) is 0 Å². The highest BCUT2D eigenvalue weighted by Crippen LogP contribution is 2.36. The molecule has 120 valence electrons. The van der Waals surface area contributed by atoms with Gasteiger partial charge in [0.15, 0.2) is 0 Å². The number of aromatic nitrogens is 1. The summed E-state index contributed by atoms with van der Waals surface area (Å²) < 4.78 is 13.4. The SMILES string of the molecule is Cc1ccc2[nH]c(-c3ccc(F)cc3Cl)c(CCCCN)c2c1. The van der Waals surface area contributed by atoms with Crippen LogP contribution in [0.2, 0.25) is 5.02 Å². The summed E-state index contributed by atoms with van der Waals surface area (Å²) in [5.41, 5.74) is 11.0. The number of unbranched alkanes of at least 4 members (excludes halogenated alkanes) is 1. The Hall–Kier alpha value is -1.84. The summed E-state index contributed by atoms with van der Waals surface area (Å²) in [5, 5.41) is 1.63. The van der Waals surface area contributed by atoms with Gasteiger partial charge in [-0.1, -0.05) is 23.2 Å². The van der Waals surface area contributed by atoms with Crippen LogP contribution in [0.15, 0.2) is 36.4 Å². The van der Waals surface area contributed by atoms with Crippen LogP contribution in [-0.4, -0.2) is 11.5 Å². The second kappa shape index (κ2) is 6.73. The lowest BCUT2D eigenvalue weighted by Gasteiger charge is -2.07. The summed E-state index contributed by atoms with van der Waals surface area (Å²) in [5.74, 6) is -0.324. The van der Waals surface area contributed by atoms with E-state index in [1.165, 1.54) is 28.6 Å². The van der Waals surface area contributed by atoms with Crippen molar-refractivity contribution in [1.29, 1.82) is 0 Å². The number of halogens is 2. The zero-order chi connectivity index (χ0) is 16.4. The second-order valence-corrected chi connectivity index (χ2v) is 6.30. The summed E-state index contributed by atoms with van der Waals surface area (Å²) in [7, 11) is 0. The maximum atomic E-state index is 13.4. The molecule has 0 bridgehead atoms. The lowest BCUT2D eigenvalue weighted by molar-refractivity contribution is 0.628. The van der Waals surface area contributed by atoms with Crippen LogP contribution in [0.1, 0.15) is 24.0 Å². The van der Waals surface area contributed by atoms with E-state index in [1.807, 2.05) is 0 Å². The van der Waals surface area contributed by atoms with Gasteiger partial charge in [-0.25, -0.2) is 4.39 Å². The first kappa shape index (κ1) is 16.0. The van der Waals surface area contributed by atoms with E-state index in [0.29, 0.717) is 11.6 Å². The number of hydrogen-bond donors (Lipinski definition) is 2. The maximum absolute atomic E-state index is 13.4. The van der Waals surface area contributed by atoms with E-state index >= 15 is 0 Å². The quantitative estimate of drug-likeness (QED) is 0.619. The van der Waals surface area contributed by atoms with Crippen molar-refractivity contribution in [2.75, 3.05) is 6.54 Å². The molecule has 0 radical (unpaired) electrons. The third-order valence-corrected chi connectivity index (χ3v) is 4.46. The van der Waals surface area contributed by atoms with Gasteiger partial charge in [0.25, 0.3) is 0 Å². The van der Waals surface area contributed by atoms with E-state index < -0.39 is 0 Å². The molecule has 2 aromatic carbocycles. The zero-order valence-electron chi connectivity index (χ0n) is 13.1. The van der Waals surface area contributed by atoms with E-state index in [-0.39, 0.29) is 5.82 Å². The predicted octanol–water partition coefficient (Wildman–Crippen LogP) is 5.22. The number of nitrogens with two attached hydrogens (primary N) is 1. The molecule has 4 heteroatoms. The average molecular weight is 331 g/mol. The molecule has 3 N–H and O–H groups in total. The summed E-state index contributed by atoms with van der Waals surface area (Å²) in [4.78, 5) is 3.46. The molecule has 3 aromatic rings. The summed E-state index contributed by atoms with van der Waals surface area (Å²) >= 11 is 6.28. The van der Waals surface area contributed by atoms with Crippen molar-refractivity contribution in [3.63, 3.8) is 0 Å². The number of hydrogen-bond acceptors (Lipinski definition) is 1. The topological polar surface area (TPSA) is 41.8 Å². The molecule has 1 aromatic heterocycles. The number of H-pyrrole nitrogens is 1. The zero-order valence-corrected chi connectivity index (χ0v) is 13.9. The Morgan fingerprint density at radius 2 is 1.96 bits per heavy atom. The minimum absolute atomic E-state index is 0.324. The van der Waals surface area contributed by atoms with Gasteiger partial charge in [-0.2, -0.15) is 0 Å². The number of fused-ring (bicyclic) bond motifs is 1. The van der Waals surface area contributed by atoms with Gasteiger partial charge >= 0.3 is 0 Å². The van der Waals surface area contributed by atoms with Crippen molar-refractivity contribution >= 4 is 22.5 Å². The van der Waals surface area contributed by atoms with Gasteiger partial charge in [0.2, 0.25) is 0 Å². The molecule has 0 spiro atoms. The Morgan fingerprint density at radius 3 is 2.70 bits per heavy atom. The fourth-order valence-corrected chi connectivity index (χ4v) is 3.25. The van der Waals surface area contributed by atoms with E-state index in [4.69, 9.17) is 17.3 Å². The molecule has 0 unspecified atom stereocenters. The first-order valence-corrected chi connectivity index (χ1v) is 8.24. The fraction of sp³-hybridized carbons (Fsp3) is 0.263. The normalized spacial score (nSPS) is 11.3. The van der Waals surface area contributed by atoms with Crippen molar-refractivity contribution in [2.24, 2.45) is 5.73 Å². The second-order valence-electron chi connectivity index (χ2n) is 5.90. The Morgan fingerprint density at radius 1 is 1.13 bits per heavy atom. The average Bonchev–Trinajstić information content (AvgIpc) is 2.85. The standard InChI is InChI=1S/C19H20ClFN2/c1-12-5-8-18-16(10-12)14(4-2-3-9-22)19(23-18)15-7-6-13(21)11-17(15)20/h5-8,10-11,23H,2-4,9,22H2,1H3. The number of rotatable bonds is 5. The van der Waals surface area contributed by atoms with E-state index in [1.54, 1.807) is 6.07 Å². The van der Waals surface area contributed by atoms with Crippen molar-refractivity contribution in [3.05, 3.63) is 58.4 Å². The van der Waals surface area contributed by atoms with Crippen molar-refractivity contribution in [3.8, 4) is 11.3 Å². The van der Waals surface area contributed by atoms with Crippen LogP contribution >= 0.6 is 11.6 Å². The van der Waals surface area contributed by atoms with Gasteiger partial charge in [0.1, 0.15) is 5.82 Å². The Balaban J connectivity index is 2.16. The molecule has 0 atom stereocenters. The van der Waals surface area contributed by atoms with Crippen molar-refractivity contribution in [1.82, 2.24) is 4.98 Å². The van der Waals surface area contributed by atoms with Gasteiger partial charge < -0.3 is 10.7 Å². The maximum Gasteiger partial charge on any atom is 0.124 e. The Labute approximate surface area is 140 Å². The molecule has 0 aliphatic carbocycles. The lowest BCUT2D eigenvalue weighted by Crippen LogP contribution is -1.99. The van der Waals surface area contributed by atoms with Crippen LogP contribution in [0.25, 0.3) is 22.2 Å². The van der Waals surface area contributed by atoms with E-state index in [2.05, 4.69) is 30.1 Å². The van der Waals surface area contributed by atoms with Gasteiger partial charge in [-0.05, 0) is 68.6 Å². The molecule has 3 rings (SSSR count). The highest BCUT2D eigenvalue weighted by Gasteiger charge is 2.15. The van der Waals surface area contributed by atoms with Crippen molar-refractivity contribution in [2.45, 2.75) is 26.2 Å². The molecule has 0 fully saturated rings. The molecular weight excluding hydrogens is 311 g/mol. The van der Waals surface area contributed by atoms with Crippen molar-refractivity contribution < 1.29 is 4.39 Å². The molecule has 0 aliphatic rings.